The molecule has 0 saturated heterocycles. The molecule has 0 spiro atoms. The molecule has 1 aromatic rings. The summed E-state index contributed by atoms with van der Waals surface area (Å²) in [5.41, 5.74) is 0.565. The standard InChI is InChI=1S/C12H14O6/c1-17-10(14)5-7-3-4-9(13)12(16)8(7)6-11(15)18-2/h3-4,13,16H,5-6H2,1-2H3. The normalized spacial score (nSPS) is 9.89. The predicted octanol–water partition coefficient (Wildman–Crippen LogP) is 0.529. The lowest BCUT2D eigenvalue weighted by molar-refractivity contribution is -0.141. The van der Waals surface area contributed by atoms with Gasteiger partial charge in [0.25, 0.3) is 0 Å². The van der Waals surface area contributed by atoms with Crippen molar-refractivity contribution >= 4 is 11.9 Å². The molecule has 0 aliphatic heterocycles. The van der Waals surface area contributed by atoms with Gasteiger partial charge in [-0.1, -0.05) is 6.07 Å². The minimum Gasteiger partial charge on any atom is -0.504 e. The van der Waals surface area contributed by atoms with E-state index in [1.54, 1.807) is 0 Å². The van der Waals surface area contributed by atoms with Crippen molar-refractivity contribution in [2.45, 2.75) is 12.8 Å². The molecular formula is C12H14O6. The van der Waals surface area contributed by atoms with Crippen LogP contribution < -0.4 is 0 Å². The Bertz CT molecular complexity index is 466. The Kier molecular flexibility index (Phi) is 4.53. The molecule has 6 heteroatoms. The summed E-state index contributed by atoms with van der Waals surface area (Å²) in [5.74, 6) is -1.88. The van der Waals surface area contributed by atoms with Crippen molar-refractivity contribution in [3.05, 3.63) is 23.3 Å². The van der Waals surface area contributed by atoms with E-state index in [1.165, 1.54) is 26.4 Å². The highest BCUT2D eigenvalue weighted by atomic mass is 16.5. The molecule has 1 rings (SSSR count). The lowest BCUT2D eigenvalue weighted by Crippen LogP contribution is -2.11. The molecule has 0 heterocycles. The summed E-state index contributed by atoms with van der Waals surface area (Å²) in [6.07, 6.45) is -0.334. The maximum absolute atomic E-state index is 11.2. The van der Waals surface area contributed by atoms with Crippen LogP contribution in [0.25, 0.3) is 0 Å². The zero-order valence-corrected chi connectivity index (χ0v) is 10.1. The molecule has 0 aliphatic rings. The molecular weight excluding hydrogens is 240 g/mol. The van der Waals surface area contributed by atoms with Crippen LogP contribution in [0.5, 0.6) is 11.5 Å². The number of carbonyl (C=O) groups is 2. The number of esters is 2. The molecule has 0 radical (unpaired) electrons. The number of carbonyl (C=O) groups excluding carboxylic acids is 2. The topological polar surface area (TPSA) is 93.1 Å². The fourth-order valence-electron chi connectivity index (χ4n) is 1.47. The van der Waals surface area contributed by atoms with E-state index >= 15 is 0 Å². The zero-order chi connectivity index (χ0) is 13.7. The number of hydrogen-bond donors (Lipinski definition) is 2. The van der Waals surface area contributed by atoms with Crippen molar-refractivity contribution in [2.75, 3.05) is 14.2 Å². The minimum atomic E-state index is -0.581. The summed E-state index contributed by atoms with van der Waals surface area (Å²) >= 11 is 0. The van der Waals surface area contributed by atoms with Crippen LogP contribution in [-0.4, -0.2) is 36.4 Å². The Hall–Kier alpha value is -2.24. The SMILES string of the molecule is COC(=O)Cc1ccc(O)c(O)c1CC(=O)OC. The summed E-state index contributed by atoms with van der Waals surface area (Å²) in [6.45, 7) is 0. The average Bonchev–Trinajstić information content (AvgIpc) is 2.37. The third kappa shape index (κ3) is 3.13. The molecule has 0 aromatic heterocycles. The third-order valence-corrected chi connectivity index (χ3v) is 2.47. The molecule has 0 aliphatic carbocycles. The molecule has 0 bridgehead atoms. The summed E-state index contributed by atoms with van der Waals surface area (Å²) < 4.78 is 9.00. The van der Waals surface area contributed by atoms with Gasteiger partial charge in [-0.25, -0.2) is 0 Å². The van der Waals surface area contributed by atoms with E-state index in [0.717, 1.165) is 0 Å². The van der Waals surface area contributed by atoms with Crippen LogP contribution in [0.2, 0.25) is 0 Å². The molecule has 0 saturated carbocycles. The monoisotopic (exact) mass is 254 g/mol. The molecule has 0 fully saturated rings. The van der Waals surface area contributed by atoms with Gasteiger partial charge in [0, 0.05) is 5.56 Å². The molecule has 0 unspecified atom stereocenters. The van der Waals surface area contributed by atoms with Crippen LogP contribution in [0.1, 0.15) is 11.1 Å². The van der Waals surface area contributed by atoms with Crippen molar-refractivity contribution in [3.8, 4) is 11.5 Å². The van der Waals surface area contributed by atoms with Crippen molar-refractivity contribution in [1.82, 2.24) is 0 Å². The van der Waals surface area contributed by atoms with E-state index in [-0.39, 0.29) is 24.2 Å². The van der Waals surface area contributed by atoms with Crippen LogP contribution in [-0.2, 0) is 31.9 Å². The van der Waals surface area contributed by atoms with Gasteiger partial charge in [-0.3, -0.25) is 9.59 Å². The second-order valence-electron chi connectivity index (χ2n) is 3.58. The van der Waals surface area contributed by atoms with Gasteiger partial charge >= 0.3 is 11.9 Å². The summed E-state index contributed by atoms with van der Waals surface area (Å²) in [7, 11) is 2.45. The van der Waals surface area contributed by atoms with Gasteiger partial charge < -0.3 is 19.7 Å². The number of methoxy groups -OCH3 is 2. The first-order valence-corrected chi connectivity index (χ1v) is 5.16. The largest absolute Gasteiger partial charge is 0.504 e. The Balaban J connectivity index is 3.12. The van der Waals surface area contributed by atoms with Crippen LogP contribution in [0.3, 0.4) is 0 Å². The summed E-state index contributed by atoms with van der Waals surface area (Å²) in [4.78, 5) is 22.4. The molecule has 0 atom stereocenters. The number of rotatable bonds is 4. The highest BCUT2D eigenvalue weighted by molar-refractivity contribution is 5.78. The Labute approximate surface area is 104 Å². The number of benzene rings is 1. The van der Waals surface area contributed by atoms with Crippen molar-refractivity contribution in [1.29, 1.82) is 0 Å². The lowest BCUT2D eigenvalue weighted by Gasteiger charge is -2.11. The molecule has 6 nitrogen and oxygen atoms in total. The number of aromatic hydroxyl groups is 2. The van der Waals surface area contributed by atoms with E-state index in [2.05, 4.69) is 9.47 Å². The first-order valence-electron chi connectivity index (χ1n) is 5.16. The van der Waals surface area contributed by atoms with E-state index in [0.29, 0.717) is 5.56 Å². The van der Waals surface area contributed by atoms with E-state index in [9.17, 15) is 19.8 Å². The van der Waals surface area contributed by atoms with Crippen molar-refractivity contribution < 1.29 is 29.3 Å². The van der Waals surface area contributed by atoms with Gasteiger partial charge in [-0.2, -0.15) is 0 Å². The quantitative estimate of drug-likeness (QED) is 0.601. The third-order valence-electron chi connectivity index (χ3n) is 2.47. The van der Waals surface area contributed by atoms with Crippen LogP contribution in [0.15, 0.2) is 12.1 Å². The lowest BCUT2D eigenvalue weighted by atomic mass is 10.00. The fraction of sp³-hybridized carbons (Fsp3) is 0.333. The van der Waals surface area contributed by atoms with Gasteiger partial charge in [0.1, 0.15) is 0 Å². The number of phenols is 2. The smallest absolute Gasteiger partial charge is 0.310 e. The highest BCUT2D eigenvalue weighted by Crippen LogP contribution is 2.32. The Morgan fingerprint density at radius 1 is 1.06 bits per heavy atom. The maximum atomic E-state index is 11.2. The second kappa shape index (κ2) is 5.90. The van der Waals surface area contributed by atoms with Crippen molar-refractivity contribution in [2.24, 2.45) is 0 Å². The number of phenolic OH excluding ortho intramolecular Hbond substituents is 2. The minimum absolute atomic E-state index is 0.101. The Morgan fingerprint density at radius 3 is 2.17 bits per heavy atom. The number of hydrogen-bond acceptors (Lipinski definition) is 6. The molecule has 2 N–H and O–H groups in total. The maximum Gasteiger partial charge on any atom is 0.310 e. The van der Waals surface area contributed by atoms with Gasteiger partial charge in [0.15, 0.2) is 11.5 Å². The summed E-state index contributed by atoms with van der Waals surface area (Å²) in [6, 6.07) is 2.69. The molecule has 98 valence electrons. The predicted molar refractivity (Wildman–Crippen MR) is 61.2 cm³/mol. The van der Waals surface area contributed by atoms with Gasteiger partial charge in [-0.15, -0.1) is 0 Å². The van der Waals surface area contributed by atoms with Crippen LogP contribution >= 0.6 is 0 Å². The van der Waals surface area contributed by atoms with Gasteiger partial charge in [0.2, 0.25) is 0 Å². The average molecular weight is 254 g/mol. The number of ether oxygens (including phenoxy) is 2. The van der Waals surface area contributed by atoms with Crippen LogP contribution in [0, 0.1) is 0 Å². The van der Waals surface area contributed by atoms with E-state index in [1.807, 2.05) is 0 Å². The van der Waals surface area contributed by atoms with Crippen LogP contribution in [0.4, 0.5) is 0 Å². The second-order valence-corrected chi connectivity index (χ2v) is 3.58. The highest BCUT2D eigenvalue weighted by Gasteiger charge is 2.18. The summed E-state index contributed by atoms with van der Waals surface area (Å²) in [5, 5.41) is 19.1. The van der Waals surface area contributed by atoms with Gasteiger partial charge in [0.05, 0.1) is 27.1 Å². The zero-order valence-electron chi connectivity index (χ0n) is 10.1. The van der Waals surface area contributed by atoms with Gasteiger partial charge in [-0.05, 0) is 11.6 Å². The molecule has 18 heavy (non-hydrogen) atoms. The first-order chi connectivity index (χ1) is 8.49. The fourth-order valence-corrected chi connectivity index (χ4v) is 1.47. The first kappa shape index (κ1) is 13.8. The van der Waals surface area contributed by atoms with Crippen molar-refractivity contribution in [3.63, 3.8) is 0 Å². The molecule has 0 amide bonds. The molecule has 1 aromatic carbocycles. The van der Waals surface area contributed by atoms with E-state index in [4.69, 9.17) is 0 Å². The Morgan fingerprint density at radius 2 is 1.61 bits per heavy atom. The van der Waals surface area contributed by atoms with E-state index < -0.39 is 17.7 Å².